The first-order chi connectivity index (χ1) is 15.5. The number of nitrogens with one attached hydrogen (secondary N) is 1. The van der Waals surface area contributed by atoms with E-state index < -0.39 is 17.9 Å². The number of amidine groups is 1. The lowest BCUT2D eigenvalue weighted by Gasteiger charge is -2.38. The molecule has 3 N–H and O–H groups in total. The van der Waals surface area contributed by atoms with Crippen molar-refractivity contribution in [1.82, 2.24) is 10.2 Å². The molecule has 2 heterocycles. The van der Waals surface area contributed by atoms with Gasteiger partial charge < -0.3 is 16.0 Å². The summed E-state index contributed by atoms with van der Waals surface area (Å²) in [5.74, 6) is -3.21. The van der Waals surface area contributed by atoms with E-state index in [9.17, 15) is 22.8 Å². The maximum absolute atomic E-state index is 13.3. The molecule has 2 aromatic carbocycles. The molecule has 2 aliphatic heterocycles. The Morgan fingerprint density at radius 3 is 2.52 bits per heavy atom. The molecule has 0 spiro atoms. The molecule has 174 valence electrons. The van der Waals surface area contributed by atoms with Crippen LogP contribution in [0.25, 0.3) is 0 Å². The van der Waals surface area contributed by atoms with Gasteiger partial charge in [0.05, 0.1) is 0 Å². The summed E-state index contributed by atoms with van der Waals surface area (Å²) in [6.45, 7) is 1.70. The number of alkyl halides is 3. The molecule has 1 fully saturated rings. The molecule has 2 aliphatic rings. The second kappa shape index (κ2) is 8.96. The number of carbonyl (C=O) groups excluding carboxylic acids is 2. The van der Waals surface area contributed by atoms with E-state index in [0.29, 0.717) is 35.1 Å². The van der Waals surface area contributed by atoms with Crippen molar-refractivity contribution in [2.45, 2.75) is 31.1 Å². The number of hydrogen-bond donors (Lipinski definition) is 2. The van der Waals surface area contributed by atoms with E-state index in [1.807, 2.05) is 12.1 Å². The van der Waals surface area contributed by atoms with Gasteiger partial charge in [0.15, 0.2) is 0 Å². The number of rotatable bonds is 3. The average Bonchev–Trinajstić information content (AvgIpc) is 3.08. The Morgan fingerprint density at radius 2 is 1.85 bits per heavy atom. The second-order valence-corrected chi connectivity index (χ2v) is 8.85. The standard InChI is InChI=1S/C22H19Cl2F3N4O2/c23-14-5-13(6-15(24)8-14)17-9-29-4-3-18(17)31-10-12-2-1-11(7-16(12)20(31)32)19(28)30-21(33)22(25,26)27/h1-2,5-8,17-18,29H,3-4,9-10H2,(H2,28,30,33). The first-order valence-corrected chi connectivity index (χ1v) is 10.9. The number of carbonyl (C=O) groups is 2. The van der Waals surface area contributed by atoms with E-state index in [4.69, 9.17) is 28.9 Å². The summed E-state index contributed by atoms with van der Waals surface area (Å²) in [7, 11) is 0. The van der Waals surface area contributed by atoms with Gasteiger partial charge in [0.2, 0.25) is 0 Å². The molecule has 33 heavy (non-hydrogen) atoms. The molecular formula is C22H19Cl2F3N4O2. The largest absolute Gasteiger partial charge is 0.473 e. The fourth-order valence-corrected chi connectivity index (χ4v) is 4.88. The van der Waals surface area contributed by atoms with Crippen LogP contribution in [0.4, 0.5) is 13.2 Å². The van der Waals surface area contributed by atoms with Crippen LogP contribution in [-0.2, 0) is 11.3 Å². The lowest BCUT2D eigenvalue weighted by molar-refractivity contribution is -0.169. The highest BCUT2D eigenvalue weighted by atomic mass is 35.5. The van der Waals surface area contributed by atoms with Crippen molar-refractivity contribution in [3.8, 4) is 0 Å². The molecule has 2 atom stereocenters. The minimum Gasteiger partial charge on any atom is -0.383 e. The maximum atomic E-state index is 13.3. The van der Waals surface area contributed by atoms with Gasteiger partial charge in [-0.05, 0) is 48.4 Å². The number of piperidine rings is 1. The summed E-state index contributed by atoms with van der Waals surface area (Å²) >= 11 is 12.4. The van der Waals surface area contributed by atoms with Crippen LogP contribution in [0.1, 0.15) is 39.4 Å². The molecule has 2 aromatic rings. The Kier molecular flexibility index (Phi) is 6.39. The van der Waals surface area contributed by atoms with Crippen LogP contribution in [0.3, 0.4) is 0 Å². The Balaban J connectivity index is 1.61. The van der Waals surface area contributed by atoms with Crippen molar-refractivity contribution in [2.75, 3.05) is 13.1 Å². The SMILES string of the molecule is NC(=NC(=O)C(F)(F)F)c1ccc2c(c1)C(=O)N(C1CCNCC1c1cc(Cl)cc(Cl)c1)C2. The monoisotopic (exact) mass is 498 g/mol. The van der Waals surface area contributed by atoms with Crippen LogP contribution in [0.15, 0.2) is 41.4 Å². The number of nitrogens with two attached hydrogens (primary N) is 1. The van der Waals surface area contributed by atoms with Crippen molar-refractivity contribution >= 4 is 40.9 Å². The lowest BCUT2D eigenvalue weighted by Crippen LogP contribution is -2.48. The van der Waals surface area contributed by atoms with Gasteiger partial charge in [-0.3, -0.25) is 9.59 Å². The quantitative estimate of drug-likeness (QED) is 0.496. The van der Waals surface area contributed by atoms with E-state index in [-0.39, 0.29) is 23.4 Å². The zero-order valence-electron chi connectivity index (χ0n) is 17.1. The van der Waals surface area contributed by atoms with Gasteiger partial charge in [-0.15, -0.1) is 0 Å². The van der Waals surface area contributed by atoms with Gasteiger partial charge in [0.25, 0.3) is 5.91 Å². The third kappa shape index (κ3) is 4.85. The molecule has 0 bridgehead atoms. The van der Waals surface area contributed by atoms with Gasteiger partial charge >= 0.3 is 12.1 Å². The van der Waals surface area contributed by atoms with Crippen molar-refractivity contribution in [3.05, 3.63) is 68.7 Å². The molecule has 2 amide bonds. The fraction of sp³-hybridized carbons (Fsp3) is 0.318. The lowest BCUT2D eigenvalue weighted by atomic mass is 9.86. The summed E-state index contributed by atoms with van der Waals surface area (Å²) < 4.78 is 37.5. The Morgan fingerprint density at radius 1 is 1.15 bits per heavy atom. The molecule has 6 nitrogen and oxygen atoms in total. The topological polar surface area (TPSA) is 87.8 Å². The minimum absolute atomic E-state index is 0.0521. The molecule has 0 aromatic heterocycles. The predicted octanol–water partition coefficient (Wildman–Crippen LogP) is 3.89. The second-order valence-electron chi connectivity index (χ2n) is 7.97. The van der Waals surface area contributed by atoms with Crippen molar-refractivity contribution in [2.24, 2.45) is 10.7 Å². The molecule has 2 unspecified atom stereocenters. The van der Waals surface area contributed by atoms with Crippen molar-refractivity contribution in [1.29, 1.82) is 0 Å². The van der Waals surface area contributed by atoms with Gasteiger partial charge in [-0.25, -0.2) is 0 Å². The zero-order valence-corrected chi connectivity index (χ0v) is 18.6. The van der Waals surface area contributed by atoms with E-state index in [1.165, 1.54) is 12.1 Å². The Labute approximate surface area is 197 Å². The average molecular weight is 499 g/mol. The summed E-state index contributed by atoms with van der Waals surface area (Å²) in [6, 6.07) is 9.63. The molecule has 0 aliphatic carbocycles. The van der Waals surface area contributed by atoms with E-state index in [2.05, 4.69) is 10.3 Å². The first-order valence-electron chi connectivity index (χ1n) is 10.1. The molecule has 11 heteroatoms. The molecule has 1 saturated heterocycles. The van der Waals surface area contributed by atoms with Crippen LogP contribution in [-0.4, -0.2) is 47.9 Å². The van der Waals surface area contributed by atoms with E-state index in [0.717, 1.165) is 17.7 Å². The maximum Gasteiger partial charge on any atom is 0.473 e. The normalized spacial score (nSPS) is 21.3. The van der Waals surface area contributed by atoms with Crippen LogP contribution in [0, 0.1) is 0 Å². The van der Waals surface area contributed by atoms with Gasteiger partial charge in [0, 0.05) is 46.2 Å². The number of halogens is 5. The van der Waals surface area contributed by atoms with Gasteiger partial charge in [-0.2, -0.15) is 18.2 Å². The van der Waals surface area contributed by atoms with Crippen LogP contribution < -0.4 is 11.1 Å². The molecule has 4 rings (SSSR count). The summed E-state index contributed by atoms with van der Waals surface area (Å²) in [5, 5.41) is 4.35. The summed E-state index contributed by atoms with van der Waals surface area (Å²) in [4.78, 5) is 29.1. The fourth-order valence-electron chi connectivity index (χ4n) is 4.34. The van der Waals surface area contributed by atoms with E-state index in [1.54, 1.807) is 17.0 Å². The van der Waals surface area contributed by atoms with Crippen LogP contribution >= 0.6 is 23.2 Å². The smallest absolute Gasteiger partial charge is 0.383 e. The van der Waals surface area contributed by atoms with E-state index >= 15 is 0 Å². The zero-order chi connectivity index (χ0) is 23.9. The third-order valence-electron chi connectivity index (χ3n) is 5.86. The van der Waals surface area contributed by atoms with Crippen LogP contribution in [0.2, 0.25) is 10.0 Å². The highest BCUT2D eigenvalue weighted by Crippen LogP contribution is 2.36. The number of fused-ring (bicyclic) bond motifs is 1. The Bertz CT molecular complexity index is 1130. The highest BCUT2D eigenvalue weighted by molar-refractivity contribution is 6.34. The summed E-state index contributed by atoms with van der Waals surface area (Å²) in [5.41, 5.74) is 7.64. The van der Waals surface area contributed by atoms with Crippen molar-refractivity contribution in [3.63, 3.8) is 0 Å². The summed E-state index contributed by atoms with van der Waals surface area (Å²) in [6.07, 6.45) is -4.42. The molecular weight excluding hydrogens is 480 g/mol. The molecule has 0 saturated carbocycles. The minimum atomic E-state index is -5.12. The van der Waals surface area contributed by atoms with Crippen molar-refractivity contribution < 1.29 is 22.8 Å². The van der Waals surface area contributed by atoms with Gasteiger partial charge in [-0.1, -0.05) is 35.3 Å². The first kappa shape index (κ1) is 23.5. The van der Waals surface area contributed by atoms with Crippen LogP contribution in [0.5, 0.6) is 0 Å². The number of nitrogens with zero attached hydrogens (tertiary/aromatic N) is 2. The third-order valence-corrected chi connectivity index (χ3v) is 6.30. The Hall–Kier alpha value is -2.62. The number of hydrogen-bond acceptors (Lipinski definition) is 3. The predicted molar refractivity (Wildman–Crippen MR) is 119 cm³/mol. The number of amides is 2. The number of aliphatic imine (C=N–C) groups is 1. The van der Waals surface area contributed by atoms with Gasteiger partial charge in [0.1, 0.15) is 5.84 Å². The molecule has 0 radical (unpaired) electrons. The number of benzene rings is 2. The highest BCUT2D eigenvalue weighted by Gasteiger charge is 2.40.